The van der Waals surface area contributed by atoms with Gasteiger partial charge in [-0.15, -0.1) is 0 Å². The van der Waals surface area contributed by atoms with E-state index in [9.17, 15) is 14.0 Å². The van der Waals surface area contributed by atoms with Crippen LogP contribution in [0.15, 0.2) is 18.3 Å². The lowest BCUT2D eigenvalue weighted by Crippen LogP contribution is -2.53. The molecule has 3 bridgehead atoms. The van der Waals surface area contributed by atoms with Gasteiger partial charge in [0.1, 0.15) is 17.6 Å². The fourth-order valence-corrected chi connectivity index (χ4v) is 5.19. The number of nitrogens with zero attached hydrogens (tertiary/aromatic N) is 2. The third-order valence-electron chi connectivity index (χ3n) is 6.35. The number of rotatable bonds is 3. The van der Waals surface area contributed by atoms with Gasteiger partial charge in [0.15, 0.2) is 0 Å². The molecule has 0 N–H and O–H groups in total. The summed E-state index contributed by atoms with van der Waals surface area (Å²) in [4.78, 5) is 31.0. The Labute approximate surface area is 145 Å². The van der Waals surface area contributed by atoms with Crippen molar-refractivity contribution in [3.63, 3.8) is 0 Å². The lowest BCUT2D eigenvalue weighted by Gasteiger charge is -2.42. The minimum absolute atomic E-state index is 0.0502. The summed E-state index contributed by atoms with van der Waals surface area (Å²) in [6.45, 7) is 0.688. The van der Waals surface area contributed by atoms with E-state index in [1.165, 1.54) is 12.1 Å². The Bertz CT molecular complexity index is 718. The molecule has 0 aromatic carbocycles. The standard InChI is InChI=1S/C19H21FN2O3/c20-14-3-4-15(21-8-14)18(23)22-9-10-5-12-7-13(6-10)17(16(12)22)25-19(24)11-1-2-11/h3-4,8,10-13,16-17H,1-2,5-7,9H2/t10-,12+,13-,16-,17+/m0/s1. The van der Waals surface area contributed by atoms with Gasteiger partial charge in [-0.05, 0) is 62.0 Å². The molecular formula is C19H21FN2O3. The van der Waals surface area contributed by atoms with Gasteiger partial charge in [-0.2, -0.15) is 0 Å². The second-order valence-electron chi connectivity index (χ2n) is 8.08. The molecule has 3 saturated carbocycles. The summed E-state index contributed by atoms with van der Waals surface area (Å²) in [6, 6.07) is 2.65. The third-order valence-corrected chi connectivity index (χ3v) is 6.35. The van der Waals surface area contributed by atoms with E-state index in [0.717, 1.165) is 38.3 Å². The van der Waals surface area contributed by atoms with E-state index >= 15 is 0 Å². The summed E-state index contributed by atoms with van der Waals surface area (Å²) in [5.74, 6) is 0.597. The molecule has 0 spiro atoms. The van der Waals surface area contributed by atoms with Crippen LogP contribution < -0.4 is 0 Å². The summed E-state index contributed by atoms with van der Waals surface area (Å²) in [5.41, 5.74) is 0.262. The number of ether oxygens (including phenoxy) is 1. The van der Waals surface area contributed by atoms with Gasteiger partial charge in [0, 0.05) is 6.54 Å². The number of carbonyl (C=O) groups excluding carboxylic acids is 2. The minimum Gasteiger partial charge on any atom is -0.460 e. The first kappa shape index (κ1) is 15.3. The quantitative estimate of drug-likeness (QED) is 0.790. The average Bonchev–Trinajstić information content (AvgIpc) is 3.42. The van der Waals surface area contributed by atoms with E-state index in [0.29, 0.717) is 24.3 Å². The van der Waals surface area contributed by atoms with E-state index < -0.39 is 5.82 Å². The lowest BCUT2D eigenvalue weighted by atomic mass is 9.78. The van der Waals surface area contributed by atoms with Crippen LogP contribution in [0.5, 0.6) is 0 Å². The van der Waals surface area contributed by atoms with Crippen molar-refractivity contribution < 1.29 is 18.7 Å². The number of halogens is 1. The van der Waals surface area contributed by atoms with Crippen LogP contribution in [0, 0.1) is 29.5 Å². The zero-order chi connectivity index (χ0) is 17.1. The highest BCUT2D eigenvalue weighted by molar-refractivity contribution is 5.92. The summed E-state index contributed by atoms with van der Waals surface area (Å²) in [7, 11) is 0. The van der Waals surface area contributed by atoms with Crippen molar-refractivity contribution in [1.29, 1.82) is 0 Å². The van der Waals surface area contributed by atoms with E-state index in [1.807, 2.05) is 4.90 Å². The normalized spacial score (nSPS) is 35.7. The molecular weight excluding hydrogens is 323 g/mol. The number of hydrogen-bond acceptors (Lipinski definition) is 4. The van der Waals surface area contributed by atoms with Crippen molar-refractivity contribution in [2.75, 3.05) is 6.54 Å². The minimum atomic E-state index is -0.451. The molecule has 0 unspecified atom stereocenters. The largest absolute Gasteiger partial charge is 0.460 e. The van der Waals surface area contributed by atoms with Crippen LogP contribution in [-0.4, -0.2) is 40.5 Å². The zero-order valence-electron chi connectivity index (χ0n) is 13.9. The van der Waals surface area contributed by atoms with E-state index in [-0.39, 0.29) is 35.6 Å². The molecule has 1 saturated heterocycles. The summed E-state index contributed by atoms with van der Waals surface area (Å²) in [6.07, 6.45) is 5.91. The van der Waals surface area contributed by atoms with Gasteiger partial charge in [0.05, 0.1) is 18.2 Å². The van der Waals surface area contributed by atoms with Gasteiger partial charge in [0.25, 0.3) is 5.91 Å². The van der Waals surface area contributed by atoms with Gasteiger partial charge in [-0.3, -0.25) is 9.59 Å². The highest BCUT2D eigenvalue weighted by Crippen LogP contribution is 2.52. The van der Waals surface area contributed by atoms with Crippen LogP contribution in [0.25, 0.3) is 0 Å². The van der Waals surface area contributed by atoms with Gasteiger partial charge in [0.2, 0.25) is 0 Å². The molecule has 4 fully saturated rings. The van der Waals surface area contributed by atoms with Crippen LogP contribution in [-0.2, 0) is 9.53 Å². The molecule has 132 valence electrons. The van der Waals surface area contributed by atoms with Crippen molar-refractivity contribution in [3.8, 4) is 0 Å². The van der Waals surface area contributed by atoms with Gasteiger partial charge in [-0.25, -0.2) is 9.37 Å². The Kier molecular flexibility index (Phi) is 3.37. The second-order valence-corrected chi connectivity index (χ2v) is 8.08. The first-order chi connectivity index (χ1) is 12.1. The maximum Gasteiger partial charge on any atom is 0.309 e. The van der Waals surface area contributed by atoms with Crippen molar-refractivity contribution in [2.45, 2.75) is 44.2 Å². The summed E-state index contributed by atoms with van der Waals surface area (Å²) in [5, 5.41) is 0. The van der Waals surface area contributed by atoms with Crippen molar-refractivity contribution >= 4 is 11.9 Å². The SMILES string of the molecule is O=C(O[C@@H]1[C@H]2C[C@@H]3C[C@H](C2)[C@@H]1N(C(=O)c1ccc(F)cn1)C3)C1CC1. The Morgan fingerprint density at radius 2 is 1.96 bits per heavy atom. The lowest BCUT2D eigenvalue weighted by molar-refractivity contribution is -0.154. The summed E-state index contributed by atoms with van der Waals surface area (Å²) >= 11 is 0. The van der Waals surface area contributed by atoms with E-state index in [4.69, 9.17) is 4.74 Å². The van der Waals surface area contributed by atoms with Crippen LogP contribution in [0.3, 0.4) is 0 Å². The highest BCUT2D eigenvalue weighted by Gasteiger charge is 2.57. The molecule has 1 aromatic rings. The molecule has 1 aliphatic heterocycles. The molecule has 2 heterocycles. The van der Waals surface area contributed by atoms with Crippen molar-refractivity contribution in [3.05, 3.63) is 29.8 Å². The number of esters is 1. The van der Waals surface area contributed by atoms with Crippen molar-refractivity contribution in [2.24, 2.45) is 23.7 Å². The predicted octanol–water partition coefficient (Wildman–Crippen LogP) is 2.41. The molecule has 5 nitrogen and oxygen atoms in total. The molecule has 5 rings (SSSR count). The molecule has 1 amide bonds. The maximum absolute atomic E-state index is 13.1. The Balaban J connectivity index is 1.42. The molecule has 1 aromatic heterocycles. The number of amides is 1. The Hall–Kier alpha value is -1.98. The zero-order valence-corrected chi connectivity index (χ0v) is 13.9. The third kappa shape index (κ3) is 2.53. The highest BCUT2D eigenvalue weighted by atomic mass is 19.1. The smallest absolute Gasteiger partial charge is 0.309 e. The predicted molar refractivity (Wildman–Crippen MR) is 85.9 cm³/mol. The van der Waals surface area contributed by atoms with Gasteiger partial charge < -0.3 is 9.64 Å². The number of aromatic nitrogens is 1. The fourth-order valence-electron chi connectivity index (χ4n) is 5.19. The maximum atomic E-state index is 13.1. The Morgan fingerprint density at radius 3 is 2.68 bits per heavy atom. The average molecular weight is 344 g/mol. The molecule has 3 aliphatic carbocycles. The summed E-state index contributed by atoms with van der Waals surface area (Å²) < 4.78 is 19.0. The number of hydrogen-bond donors (Lipinski definition) is 0. The first-order valence-electron chi connectivity index (χ1n) is 9.23. The second kappa shape index (κ2) is 5.51. The van der Waals surface area contributed by atoms with E-state index in [1.54, 1.807) is 0 Å². The number of piperidine rings is 1. The van der Waals surface area contributed by atoms with Gasteiger partial charge >= 0.3 is 5.97 Å². The fraction of sp³-hybridized carbons (Fsp3) is 0.632. The van der Waals surface area contributed by atoms with Crippen LogP contribution >= 0.6 is 0 Å². The molecule has 0 radical (unpaired) electrons. The number of fused-ring (bicyclic) bond motifs is 2. The topological polar surface area (TPSA) is 59.5 Å². The van der Waals surface area contributed by atoms with Crippen LogP contribution in [0.4, 0.5) is 4.39 Å². The number of carbonyl (C=O) groups is 2. The van der Waals surface area contributed by atoms with Crippen LogP contribution in [0.2, 0.25) is 0 Å². The van der Waals surface area contributed by atoms with E-state index in [2.05, 4.69) is 4.98 Å². The van der Waals surface area contributed by atoms with Gasteiger partial charge in [-0.1, -0.05) is 0 Å². The monoisotopic (exact) mass is 344 g/mol. The Morgan fingerprint density at radius 1 is 1.16 bits per heavy atom. The molecule has 5 atom stereocenters. The first-order valence-corrected chi connectivity index (χ1v) is 9.23. The molecule has 4 aliphatic rings. The van der Waals surface area contributed by atoms with Crippen molar-refractivity contribution in [1.82, 2.24) is 9.88 Å². The number of likely N-dealkylation sites (tertiary alicyclic amines) is 1. The van der Waals surface area contributed by atoms with Crippen LogP contribution in [0.1, 0.15) is 42.6 Å². The number of pyridine rings is 1. The molecule has 6 heteroatoms. The molecule has 25 heavy (non-hydrogen) atoms.